The number of alkyl halides is 2. The molecule has 0 unspecified atom stereocenters. The number of fused-ring (bicyclic) bond motifs is 5. The predicted octanol–water partition coefficient (Wildman–Crippen LogP) is 5.36. The van der Waals surface area contributed by atoms with Gasteiger partial charge in [-0.2, -0.15) is 0 Å². The molecule has 3 aliphatic rings. The summed E-state index contributed by atoms with van der Waals surface area (Å²) in [6.07, 6.45) is 4.01. The Bertz CT molecular complexity index is 747. The van der Waals surface area contributed by atoms with E-state index >= 15 is 8.78 Å². The van der Waals surface area contributed by atoms with Gasteiger partial charge in [0.1, 0.15) is 5.75 Å². The lowest BCUT2D eigenvalue weighted by Gasteiger charge is -2.51. The Balaban J connectivity index is 1.64. The van der Waals surface area contributed by atoms with Crippen molar-refractivity contribution in [3.8, 4) is 5.75 Å². The molecule has 2 saturated carbocycles. The van der Waals surface area contributed by atoms with Gasteiger partial charge in [-0.15, -0.1) is 0 Å². The van der Waals surface area contributed by atoms with E-state index in [1.54, 1.807) is 13.0 Å². The van der Waals surface area contributed by atoms with Crippen molar-refractivity contribution in [1.82, 2.24) is 0 Å². The number of phenols is 1. The Labute approximate surface area is 158 Å². The van der Waals surface area contributed by atoms with Crippen molar-refractivity contribution >= 4 is 5.97 Å². The molecule has 148 valence electrons. The number of hydrogen-bond donors (Lipinski definition) is 2. The maximum absolute atomic E-state index is 15.1. The number of halogens is 2. The number of rotatable bonds is 4. The summed E-state index contributed by atoms with van der Waals surface area (Å²) in [7, 11) is 0. The molecule has 4 rings (SSSR count). The van der Waals surface area contributed by atoms with Crippen molar-refractivity contribution in [1.29, 1.82) is 0 Å². The van der Waals surface area contributed by atoms with Crippen molar-refractivity contribution in [2.75, 3.05) is 0 Å². The van der Waals surface area contributed by atoms with Gasteiger partial charge in [0.05, 0.1) is 0 Å². The van der Waals surface area contributed by atoms with Crippen LogP contribution in [0.5, 0.6) is 5.75 Å². The molecule has 0 heterocycles. The second-order valence-electron chi connectivity index (χ2n) is 9.13. The molecule has 0 bridgehead atoms. The van der Waals surface area contributed by atoms with E-state index in [0.717, 1.165) is 24.8 Å². The molecule has 27 heavy (non-hydrogen) atoms. The molecule has 0 spiro atoms. The van der Waals surface area contributed by atoms with Crippen molar-refractivity contribution < 1.29 is 23.8 Å². The molecule has 2 fully saturated rings. The predicted molar refractivity (Wildman–Crippen MR) is 98.0 cm³/mol. The Morgan fingerprint density at radius 2 is 2.07 bits per heavy atom. The Hall–Kier alpha value is -1.65. The van der Waals surface area contributed by atoms with E-state index in [4.69, 9.17) is 5.11 Å². The third kappa shape index (κ3) is 2.94. The maximum atomic E-state index is 15.1. The van der Waals surface area contributed by atoms with Crippen LogP contribution in [0.4, 0.5) is 8.78 Å². The molecular weight excluding hydrogens is 350 g/mol. The SMILES string of the molecule is C[C@]12CC[C@@H]3c4ccc(O)cc4CC[C@H]3[C@@H]1[C@@H](CCCC(=O)O)CC2(F)F. The van der Waals surface area contributed by atoms with Crippen LogP contribution in [0, 0.1) is 23.2 Å². The van der Waals surface area contributed by atoms with Gasteiger partial charge in [0.15, 0.2) is 0 Å². The standard InChI is InChI=1S/C22H28F2O3/c1-21-10-9-17-16-8-6-15(25)11-13(16)5-7-18(17)20(21)14(12-22(21,23)24)3-2-4-19(26)27/h6,8,11,14,17-18,20,25H,2-5,7,9-10,12H2,1H3,(H,26,27)/t14-,17+,18+,20-,21-/m0/s1. The highest BCUT2D eigenvalue weighted by molar-refractivity contribution is 5.66. The Kier molecular flexibility index (Phi) is 4.47. The lowest BCUT2D eigenvalue weighted by Crippen LogP contribution is -2.47. The molecule has 5 atom stereocenters. The molecule has 3 aliphatic carbocycles. The first-order valence-corrected chi connectivity index (χ1v) is 10.1. The number of phenolic OH excluding ortho intramolecular Hbond substituents is 1. The van der Waals surface area contributed by atoms with Gasteiger partial charge in [0.25, 0.3) is 5.92 Å². The number of aryl methyl sites for hydroxylation is 1. The molecule has 1 aromatic carbocycles. The average molecular weight is 378 g/mol. The lowest BCUT2D eigenvalue weighted by atomic mass is 9.53. The number of aromatic hydroxyl groups is 1. The molecule has 2 N–H and O–H groups in total. The molecule has 0 aliphatic heterocycles. The second kappa shape index (κ2) is 6.46. The minimum atomic E-state index is -2.67. The van der Waals surface area contributed by atoms with Crippen LogP contribution in [-0.4, -0.2) is 22.1 Å². The fraction of sp³-hybridized carbons (Fsp3) is 0.682. The number of hydrogen-bond acceptors (Lipinski definition) is 2. The van der Waals surface area contributed by atoms with Crippen LogP contribution in [-0.2, 0) is 11.2 Å². The van der Waals surface area contributed by atoms with Crippen LogP contribution in [0.25, 0.3) is 0 Å². The van der Waals surface area contributed by atoms with E-state index in [9.17, 15) is 9.90 Å². The van der Waals surface area contributed by atoms with E-state index < -0.39 is 17.3 Å². The van der Waals surface area contributed by atoms with E-state index in [0.29, 0.717) is 19.3 Å². The monoisotopic (exact) mass is 378 g/mol. The van der Waals surface area contributed by atoms with E-state index in [-0.39, 0.29) is 42.3 Å². The zero-order valence-electron chi connectivity index (χ0n) is 15.8. The van der Waals surface area contributed by atoms with Crippen LogP contribution in [0.1, 0.15) is 68.9 Å². The fourth-order valence-electron chi connectivity index (χ4n) is 6.60. The van der Waals surface area contributed by atoms with Crippen molar-refractivity contribution in [3.05, 3.63) is 29.3 Å². The summed E-state index contributed by atoms with van der Waals surface area (Å²) < 4.78 is 30.1. The van der Waals surface area contributed by atoms with Gasteiger partial charge in [-0.3, -0.25) is 4.79 Å². The quantitative estimate of drug-likeness (QED) is 0.741. The van der Waals surface area contributed by atoms with E-state index in [2.05, 4.69) is 0 Å². The van der Waals surface area contributed by atoms with Crippen LogP contribution >= 0.6 is 0 Å². The zero-order valence-corrected chi connectivity index (χ0v) is 15.8. The summed E-state index contributed by atoms with van der Waals surface area (Å²) in [6, 6.07) is 5.52. The molecular formula is C22H28F2O3. The molecule has 0 radical (unpaired) electrons. The second-order valence-corrected chi connectivity index (χ2v) is 9.13. The largest absolute Gasteiger partial charge is 0.508 e. The molecule has 5 heteroatoms. The van der Waals surface area contributed by atoms with Gasteiger partial charge in [0, 0.05) is 18.3 Å². The first-order valence-electron chi connectivity index (χ1n) is 10.1. The number of carboxylic acid groups (broad SMARTS) is 1. The molecule has 3 nitrogen and oxygen atoms in total. The van der Waals surface area contributed by atoms with Crippen LogP contribution in [0.2, 0.25) is 0 Å². The highest BCUT2D eigenvalue weighted by atomic mass is 19.3. The van der Waals surface area contributed by atoms with Crippen molar-refractivity contribution in [2.24, 2.45) is 23.2 Å². The summed E-state index contributed by atoms with van der Waals surface area (Å²) in [4.78, 5) is 10.9. The summed E-state index contributed by atoms with van der Waals surface area (Å²) in [6.45, 7) is 1.78. The topological polar surface area (TPSA) is 57.5 Å². The number of aliphatic carboxylic acids is 1. The Morgan fingerprint density at radius 1 is 1.30 bits per heavy atom. The highest BCUT2D eigenvalue weighted by Crippen LogP contribution is 2.68. The first-order chi connectivity index (χ1) is 12.7. The van der Waals surface area contributed by atoms with Gasteiger partial charge in [-0.25, -0.2) is 8.78 Å². The summed E-state index contributed by atoms with van der Waals surface area (Å²) >= 11 is 0. The van der Waals surface area contributed by atoms with Gasteiger partial charge in [-0.1, -0.05) is 13.0 Å². The number of carboxylic acids is 1. The third-order valence-corrected chi connectivity index (χ3v) is 7.79. The van der Waals surface area contributed by atoms with E-state index in [1.165, 1.54) is 5.56 Å². The molecule has 1 aromatic rings. The average Bonchev–Trinajstić information content (AvgIpc) is 2.80. The molecule has 0 amide bonds. The van der Waals surface area contributed by atoms with Crippen LogP contribution in [0.3, 0.4) is 0 Å². The maximum Gasteiger partial charge on any atom is 0.303 e. The first kappa shape index (κ1) is 18.7. The minimum Gasteiger partial charge on any atom is -0.508 e. The van der Waals surface area contributed by atoms with Gasteiger partial charge in [-0.05, 0) is 85.5 Å². The van der Waals surface area contributed by atoms with Gasteiger partial charge >= 0.3 is 5.97 Å². The Morgan fingerprint density at radius 3 is 2.81 bits per heavy atom. The number of benzene rings is 1. The lowest BCUT2D eigenvalue weighted by molar-refractivity contribution is -0.137. The molecule has 0 saturated heterocycles. The third-order valence-electron chi connectivity index (χ3n) is 7.79. The van der Waals surface area contributed by atoms with Crippen molar-refractivity contribution in [3.63, 3.8) is 0 Å². The minimum absolute atomic E-state index is 0.0537. The van der Waals surface area contributed by atoms with E-state index in [1.807, 2.05) is 12.1 Å². The normalized spacial score (nSPS) is 36.6. The zero-order chi connectivity index (χ0) is 19.4. The molecule has 0 aromatic heterocycles. The van der Waals surface area contributed by atoms with Crippen LogP contribution in [0.15, 0.2) is 18.2 Å². The van der Waals surface area contributed by atoms with Crippen molar-refractivity contribution in [2.45, 2.75) is 70.1 Å². The smallest absolute Gasteiger partial charge is 0.303 e. The fourth-order valence-corrected chi connectivity index (χ4v) is 6.60. The summed E-state index contributed by atoms with van der Waals surface area (Å²) in [5, 5.41) is 18.7. The summed E-state index contributed by atoms with van der Waals surface area (Å²) in [5.41, 5.74) is 1.41. The number of carbonyl (C=O) groups is 1. The van der Waals surface area contributed by atoms with Gasteiger partial charge < -0.3 is 10.2 Å². The highest BCUT2D eigenvalue weighted by Gasteiger charge is 2.67. The van der Waals surface area contributed by atoms with Gasteiger partial charge in [0.2, 0.25) is 0 Å². The summed E-state index contributed by atoms with van der Waals surface area (Å²) in [5.74, 6) is -2.90. The van der Waals surface area contributed by atoms with Crippen LogP contribution < -0.4 is 0 Å².